The molecule has 1 N–H and O–H groups in total. The monoisotopic (exact) mass is 414 g/mol. The van der Waals surface area contributed by atoms with Crippen LogP contribution in [-0.4, -0.2) is 15.3 Å². The molecule has 0 heterocycles. The first kappa shape index (κ1) is 16.5. The van der Waals surface area contributed by atoms with Gasteiger partial charge in [0, 0.05) is 15.0 Å². The number of alkyl halides is 1. The number of halogens is 2. The molecule has 0 radical (unpaired) electrons. The Morgan fingerprint density at radius 3 is 2.29 bits per heavy atom. The van der Waals surface area contributed by atoms with Crippen LogP contribution in [0.1, 0.15) is 28.4 Å². The van der Waals surface area contributed by atoms with Crippen LogP contribution in [0.4, 0.5) is 0 Å². The quantitative estimate of drug-likeness (QED) is 0.423. The molecule has 0 aliphatic carbocycles. The van der Waals surface area contributed by atoms with Gasteiger partial charge in [0.05, 0.1) is 12.0 Å². The molecule has 2 aromatic carbocycles. The second-order valence-electron chi connectivity index (χ2n) is 4.81. The van der Waals surface area contributed by atoms with E-state index in [9.17, 15) is 9.90 Å². The standard InChI is InChI=1S/C17H16ClIO2/c18-14-8-6-13(7-9-14)17(21)15(10-11-19)16(20)12-4-2-1-3-5-12/h1-9,15,17,21H,10-11H2/t15-,17+/m1/s1. The molecule has 21 heavy (non-hydrogen) atoms. The third-order valence-electron chi connectivity index (χ3n) is 3.41. The highest BCUT2D eigenvalue weighted by Gasteiger charge is 2.28. The van der Waals surface area contributed by atoms with Crippen molar-refractivity contribution >= 4 is 40.0 Å². The SMILES string of the molecule is O=C(c1ccccc1)[C@@H](CCI)[C@@H](O)c1ccc(Cl)cc1. The van der Waals surface area contributed by atoms with E-state index in [4.69, 9.17) is 11.6 Å². The minimum atomic E-state index is -0.815. The fourth-order valence-electron chi connectivity index (χ4n) is 2.26. The summed E-state index contributed by atoms with van der Waals surface area (Å²) in [5, 5.41) is 11.2. The van der Waals surface area contributed by atoms with Crippen molar-refractivity contribution in [2.24, 2.45) is 5.92 Å². The van der Waals surface area contributed by atoms with Crippen LogP contribution in [-0.2, 0) is 0 Å². The molecule has 2 nitrogen and oxygen atoms in total. The van der Waals surface area contributed by atoms with Crippen LogP contribution in [0, 0.1) is 5.92 Å². The average molecular weight is 415 g/mol. The summed E-state index contributed by atoms with van der Waals surface area (Å²) in [7, 11) is 0. The summed E-state index contributed by atoms with van der Waals surface area (Å²) in [6.07, 6.45) is -0.178. The third-order valence-corrected chi connectivity index (χ3v) is 4.28. The molecule has 0 amide bonds. The van der Waals surface area contributed by atoms with Crippen molar-refractivity contribution in [2.45, 2.75) is 12.5 Å². The molecule has 2 rings (SSSR count). The van der Waals surface area contributed by atoms with Gasteiger partial charge in [0.1, 0.15) is 0 Å². The Bertz CT molecular complexity index is 583. The van der Waals surface area contributed by atoms with E-state index in [1.807, 2.05) is 18.2 Å². The number of ketones is 1. The molecule has 110 valence electrons. The molecule has 2 atom stereocenters. The fourth-order valence-corrected chi connectivity index (χ4v) is 3.06. The lowest BCUT2D eigenvalue weighted by Crippen LogP contribution is -2.23. The maximum Gasteiger partial charge on any atom is 0.168 e. The summed E-state index contributed by atoms with van der Waals surface area (Å²) in [6, 6.07) is 16.1. The summed E-state index contributed by atoms with van der Waals surface area (Å²) in [6.45, 7) is 0. The first-order valence-electron chi connectivity index (χ1n) is 6.72. The fraction of sp³-hybridized carbons (Fsp3) is 0.235. The molecule has 0 saturated heterocycles. The average Bonchev–Trinajstić information content (AvgIpc) is 2.53. The lowest BCUT2D eigenvalue weighted by molar-refractivity contribution is 0.0671. The van der Waals surface area contributed by atoms with Gasteiger partial charge in [-0.15, -0.1) is 0 Å². The maximum atomic E-state index is 12.6. The third kappa shape index (κ3) is 4.28. The van der Waals surface area contributed by atoms with Gasteiger partial charge in [0.15, 0.2) is 5.78 Å². The molecule has 2 aromatic rings. The number of aliphatic hydroxyl groups excluding tert-OH is 1. The van der Waals surface area contributed by atoms with E-state index in [0.717, 1.165) is 9.99 Å². The van der Waals surface area contributed by atoms with Gasteiger partial charge in [-0.1, -0.05) is 76.7 Å². The molecule has 0 aliphatic heterocycles. The minimum Gasteiger partial charge on any atom is -0.388 e. The molecular weight excluding hydrogens is 399 g/mol. The molecule has 0 saturated carbocycles. The molecule has 0 unspecified atom stereocenters. The van der Waals surface area contributed by atoms with Gasteiger partial charge < -0.3 is 5.11 Å². The van der Waals surface area contributed by atoms with Crippen LogP contribution >= 0.6 is 34.2 Å². The zero-order valence-electron chi connectivity index (χ0n) is 11.4. The molecule has 0 fully saturated rings. The lowest BCUT2D eigenvalue weighted by atomic mass is 9.87. The number of aliphatic hydroxyl groups is 1. The van der Waals surface area contributed by atoms with Gasteiger partial charge in [-0.2, -0.15) is 0 Å². The Morgan fingerprint density at radius 2 is 1.71 bits per heavy atom. The van der Waals surface area contributed by atoms with Crippen LogP contribution in [0.2, 0.25) is 5.02 Å². The Balaban J connectivity index is 2.25. The number of hydrogen-bond acceptors (Lipinski definition) is 2. The Hall–Kier alpha value is -0.910. The summed E-state index contributed by atoms with van der Waals surface area (Å²) in [5.41, 5.74) is 1.36. The molecule has 0 aromatic heterocycles. The highest BCUT2D eigenvalue weighted by atomic mass is 127. The smallest absolute Gasteiger partial charge is 0.168 e. The van der Waals surface area contributed by atoms with Crippen molar-refractivity contribution in [3.8, 4) is 0 Å². The number of rotatable bonds is 6. The van der Waals surface area contributed by atoms with E-state index >= 15 is 0 Å². The highest BCUT2D eigenvalue weighted by Crippen LogP contribution is 2.29. The van der Waals surface area contributed by atoms with E-state index in [1.54, 1.807) is 36.4 Å². The first-order chi connectivity index (χ1) is 10.1. The highest BCUT2D eigenvalue weighted by molar-refractivity contribution is 14.1. The second-order valence-corrected chi connectivity index (χ2v) is 6.33. The number of benzene rings is 2. The predicted molar refractivity (Wildman–Crippen MR) is 94.2 cm³/mol. The molecule has 0 bridgehead atoms. The molecule has 4 heteroatoms. The minimum absolute atomic E-state index is 0.0188. The van der Waals surface area contributed by atoms with Gasteiger partial charge in [0.2, 0.25) is 0 Å². The Kier molecular flexibility index (Phi) is 6.21. The summed E-state index contributed by atoms with van der Waals surface area (Å²) in [4.78, 5) is 12.6. The zero-order valence-corrected chi connectivity index (χ0v) is 14.3. The van der Waals surface area contributed by atoms with E-state index in [2.05, 4.69) is 22.6 Å². The van der Waals surface area contributed by atoms with Crippen LogP contribution in [0.3, 0.4) is 0 Å². The number of hydrogen-bond donors (Lipinski definition) is 1. The van der Waals surface area contributed by atoms with Crippen molar-refractivity contribution in [1.82, 2.24) is 0 Å². The predicted octanol–water partition coefficient (Wildman–Crippen LogP) is 4.70. The van der Waals surface area contributed by atoms with Gasteiger partial charge in [-0.25, -0.2) is 0 Å². The van der Waals surface area contributed by atoms with Crippen molar-refractivity contribution in [3.05, 3.63) is 70.7 Å². The van der Waals surface area contributed by atoms with E-state index in [0.29, 0.717) is 17.0 Å². The Labute approximate surface area is 143 Å². The van der Waals surface area contributed by atoms with Gasteiger partial charge in [0.25, 0.3) is 0 Å². The largest absolute Gasteiger partial charge is 0.388 e. The summed E-state index contributed by atoms with van der Waals surface area (Å²) < 4.78 is 0.811. The lowest BCUT2D eigenvalue weighted by Gasteiger charge is -2.21. The number of Topliss-reactive ketones (excluding diaryl/α,β-unsaturated/α-hetero) is 1. The number of carbonyl (C=O) groups excluding carboxylic acids is 1. The molecule has 0 spiro atoms. The summed E-state index contributed by atoms with van der Waals surface area (Å²) >= 11 is 8.09. The number of carbonyl (C=O) groups is 1. The topological polar surface area (TPSA) is 37.3 Å². The van der Waals surface area contributed by atoms with Crippen molar-refractivity contribution in [1.29, 1.82) is 0 Å². The van der Waals surface area contributed by atoms with Crippen LogP contribution < -0.4 is 0 Å². The normalized spacial score (nSPS) is 13.7. The first-order valence-corrected chi connectivity index (χ1v) is 8.62. The van der Waals surface area contributed by atoms with E-state index < -0.39 is 12.0 Å². The zero-order chi connectivity index (χ0) is 15.2. The van der Waals surface area contributed by atoms with Crippen molar-refractivity contribution in [3.63, 3.8) is 0 Å². The van der Waals surface area contributed by atoms with Gasteiger partial charge >= 0.3 is 0 Å². The van der Waals surface area contributed by atoms with E-state index in [1.165, 1.54) is 0 Å². The van der Waals surface area contributed by atoms with Gasteiger partial charge in [-0.3, -0.25) is 4.79 Å². The van der Waals surface area contributed by atoms with Crippen LogP contribution in [0.25, 0.3) is 0 Å². The molecule has 0 aliphatic rings. The van der Waals surface area contributed by atoms with Crippen LogP contribution in [0.5, 0.6) is 0 Å². The van der Waals surface area contributed by atoms with Crippen LogP contribution in [0.15, 0.2) is 54.6 Å². The van der Waals surface area contributed by atoms with E-state index in [-0.39, 0.29) is 5.78 Å². The maximum absolute atomic E-state index is 12.6. The van der Waals surface area contributed by atoms with Gasteiger partial charge in [-0.05, 0) is 24.1 Å². The van der Waals surface area contributed by atoms with Crippen molar-refractivity contribution in [2.75, 3.05) is 4.43 Å². The Morgan fingerprint density at radius 1 is 1.10 bits per heavy atom. The van der Waals surface area contributed by atoms with Crippen molar-refractivity contribution < 1.29 is 9.90 Å². The summed E-state index contributed by atoms with van der Waals surface area (Å²) in [5.74, 6) is -0.458. The molecular formula is C17H16ClIO2. The second kappa shape index (κ2) is 7.92.